The second-order valence-electron chi connectivity index (χ2n) is 1.86. The molecule has 3 heteroatoms. The van der Waals surface area contributed by atoms with Crippen molar-refractivity contribution in [2.24, 2.45) is 5.10 Å². The van der Waals surface area contributed by atoms with Crippen molar-refractivity contribution in [3.05, 3.63) is 24.1 Å². The third-order valence-corrected chi connectivity index (χ3v) is 1.26. The lowest BCUT2D eigenvalue weighted by Gasteiger charge is -2.11. The molecule has 0 unspecified atom stereocenters. The quantitative estimate of drug-likeness (QED) is 0.471. The van der Waals surface area contributed by atoms with E-state index < -0.39 is 0 Å². The summed E-state index contributed by atoms with van der Waals surface area (Å²) in [5, 5.41) is 5.81. The van der Waals surface area contributed by atoms with Crippen molar-refractivity contribution < 1.29 is 4.74 Å². The Hall–Kier alpha value is -1.25. The van der Waals surface area contributed by atoms with Crippen molar-refractivity contribution in [2.75, 3.05) is 6.73 Å². The number of fused-ring (bicyclic) bond motifs is 1. The van der Waals surface area contributed by atoms with Crippen molar-refractivity contribution in [3.8, 4) is 0 Å². The van der Waals surface area contributed by atoms with E-state index in [9.17, 15) is 0 Å². The highest BCUT2D eigenvalue weighted by molar-refractivity contribution is 5.73. The minimum absolute atomic E-state index is 0.552. The predicted octanol–water partition coefficient (Wildman–Crippen LogP) is 0.673. The van der Waals surface area contributed by atoms with E-state index in [1.807, 2.05) is 12.2 Å². The number of hydrazone groups is 1. The SMILES string of the molecule is C1=CC2=COCN2N=C1. The molecule has 0 aromatic rings. The maximum absolute atomic E-state index is 4.99. The first-order valence-electron chi connectivity index (χ1n) is 2.77. The normalized spacial score (nSPS) is 21.3. The van der Waals surface area contributed by atoms with Gasteiger partial charge in [0.05, 0.1) is 5.70 Å². The van der Waals surface area contributed by atoms with Crippen LogP contribution in [0, 0.1) is 0 Å². The van der Waals surface area contributed by atoms with Crippen LogP contribution in [0.15, 0.2) is 29.2 Å². The maximum Gasteiger partial charge on any atom is 0.180 e. The molecule has 0 saturated heterocycles. The Bertz CT molecular complexity index is 202. The van der Waals surface area contributed by atoms with E-state index in [0.29, 0.717) is 6.73 Å². The van der Waals surface area contributed by atoms with Gasteiger partial charge in [0.1, 0.15) is 6.26 Å². The molecule has 0 aromatic heterocycles. The van der Waals surface area contributed by atoms with Gasteiger partial charge in [-0.2, -0.15) is 5.10 Å². The average Bonchev–Trinajstić information content (AvgIpc) is 2.33. The average molecular weight is 122 g/mol. The topological polar surface area (TPSA) is 24.8 Å². The van der Waals surface area contributed by atoms with Gasteiger partial charge in [0.15, 0.2) is 6.73 Å². The molecule has 2 aliphatic heterocycles. The molecule has 0 amide bonds. The Balaban J connectivity index is 2.33. The number of hydrogen-bond donors (Lipinski definition) is 0. The molecule has 0 atom stereocenters. The van der Waals surface area contributed by atoms with Crippen LogP contribution < -0.4 is 0 Å². The third-order valence-electron chi connectivity index (χ3n) is 1.26. The molecule has 0 radical (unpaired) electrons. The highest BCUT2D eigenvalue weighted by Crippen LogP contribution is 2.15. The fraction of sp³-hybridized carbons (Fsp3) is 0.167. The Morgan fingerprint density at radius 2 is 2.67 bits per heavy atom. The standard InChI is InChI=1S/C6H6N2O/c1-2-6-4-9-5-8(6)7-3-1/h1-4H,5H2. The lowest BCUT2D eigenvalue weighted by atomic mass is 10.4. The van der Waals surface area contributed by atoms with Crippen LogP contribution in [0.4, 0.5) is 0 Å². The van der Waals surface area contributed by atoms with Crippen LogP contribution >= 0.6 is 0 Å². The number of ether oxygens (including phenoxy) is 1. The minimum atomic E-state index is 0.552. The zero-order valence-corrected chi connectivity index (χ0v) is 4.82. The number of allylic oxidation sites excluding steroid dienone is 2. The summed E-state index contributed by atoms with van der Waals surface area (Å²) in [5.74, 6) is 0. The molecule has 3 nitrogen and oxygen atoms in total. The van der Waals surface area contributed by atoms with E-state index in [1.54, 1.807) is 17.5 Å². The number of nitrogens with zero attached hydrogens (tertiary/aromatic N) is 2. The summed E-state index contributed by atoms with van der Waals surface area (Å²) >= 11 is 0. The van der Waals surface area contributed by atoms with Gasteiger partial charge in [0.2, 0.25) is 0 Å². The molecule has 0 spiro atoms. The number of hydrogen-bond acceptors (Lipinski definition) is 3. The first kappa shape index (κ1) is 4.61. The van der Waals surface area contributed by atoms with Gasteiger partial charge in [0, 0.05) is 6.21 Å². The molecule has 0 saturated carbocycles. The van der Waals surface area contributed by atoms with Crippen LogP contribution in [0.5, 0.6) is 0 Å². The smallest absolute Gasteiger partial charge is 0.180 e. The molecule has 2 aliphatic rings. The summed E-state index contributed by atoms with van der Waals surface area (Å²) in [5.41, 5.74) is 1.03. The first-order valence-corrected chi connectivity index (χ1v) is 2.77. The van der Waals surface area contributed by atoms with Gasteiger partial charge >= 0.3 is 0 Å². The molecule has 0 aliphatic carbocycles. The van der Waals surface area contributed by atoms with Crippen LogP contribution in [0.3, 0.4) is 0 Å². The number of rotatable bonds is 0. The molecular weight excluding hydrogens is 116 g/mol. The molecule has 2 heterocycles. The monoisotopic (exact) mass is 122 g/mol. The van der Waals surface area contributed by atoms with Crippen molar-refractivity contribution in [2.45, 2.75) is 0 Å². The third kappa shape index (κ3) is 0.614. The molecule has 2 rings (SSSR count). The second kappa shape index (κ2) is 1.62. The van der Waals surface area contributed by atoms with E-state index >= 15 is 0 Å². The fourth-order valence-electron chi connectivity index (χ4n) is 0.815. The van der Waals surface area contributed by atoms with Gasteiger partial charge < -0.3 is 4.74 Å². The molecule has 46 valence electrons. The van der Waals surface area contributed by atoms with Gasteiger partial charge in [-0.1, -0.05) is 0 Å². The van der Waals surface area contributed by atoms with Gasteiger partial charge in [-0.3, -0.25) is 0 Å². The highest BCUT2D eigenvalue weighted by atomic mass is 16.5. The first-order chi connectivity index (χ1) is 4.47. The molecule has 0 bridgehead atoms. The fourth-order valence-corrected chi connectivity index (χ4v) is 0.815. The van der Waals surface area contributed by atoms with E-state index in [2.05, 4.69) is 5.10 Å². The summed E-state index contributed by atoms with van der Waals surface area (Å²) < 4.78 is 4.99. The Morgan fingerprint density at radius 1 is 1.67 bits per heavy atom. The summed E-state index contributed by atoms with van der Waals surface area (Å²) in [7, 11) is 0. The van der Waals surface area contributed by atoms with E-state index in [0.717, 1.165) is 5.70 Å². The van der Waals surface area contributed by atoms with Crippen molar-refractivity contribution >= 4 is 6.21 Å². The predicted molar refractivity (Wildman–Crippen MR) is 33.5 cm³/mol. The van der Waals surface area contributed by atoms with Crippen LogP contribution in [-0.2, 0) is 4.74 Å². The van der Waals surface area contributed by atoms with Crippen LogP contribution in [-0.4, -0.2) is 18.0 Å². The summed E-state index contributed by atoms with van der Waals surface area (Å²) in [6, 6.07) is 0. The Morgan fingerprint density at radius 3 is 3.56 bits per heavy atom. The maximum atomic E-state index is 4.99. The minimum Gasteiger partial charge on any atom is -0.477 e. The van der Waals surface area contributed by atoms with Crippen molar-refractivity contribution in [1.82, 2.24) is 5.01 Å². The van der Waals surface area contributed by atoms with E-state index in [-0.39, 0.29) is 0 Å². The lowest BCUT2D eigenvalue weighted by Crippen LogP contribution is -2.13. The van der Waals surface area contributed by atoms with E-state index in [4.69, 9.17) is 4.74 Å². The molecule has 0 aromatic carbocycles. The van der Waals surface area contributed by atoms with Gasteiger partial charge in [-0.05, 0) is 12.2 Å². The van der Waals surface area contributed by atoms with Crippen LogP contribution in [0.1, 0.15) is 0 Å². The van der Waals surface area contributed by atoms with Gasteiger partial charge in [-0.25, -0.2) is 5.01 Å². The zero-order valence-electron chi connectivity index (χ0n) is 4.82. The zero-order chi connectivity index (χ0) is 6.10. The molecule has 0 fully saturated rings. The summed E-state index contributed by atoms with van der Waals surface area (Å²) in [4.78, 5) is 0. The second-order valence-corrected chi connectivity index (χ2v) is 1.86. The van der Waals surface area contributed by atoms with Gasteiger partial charge in [0.25, 0.3) is 0 Å². The highest BCUT2D eigenvalue weighted by Gasteiger charge is 2.12. The summed E-state index contributed by atoms with van der Waals surface area (Å²) in [6.07, 6.45) is 7.29. The van der Waals surface area contributed by atoms with E-state index in [1.165, 1.54) is 0 Å². The Labute approximate surface area is 52.9 Å². The van der Waals surface area contributed by atoms with Gasteiger partial charge in [-0.15, -0.1) is 0 Å². The summed E-state index contributed by atoms with van der Waals surface area (Å²) in [6.45, 7) is 0.552. The molecule has 9 heavy (non-hydrogen) atoms. The van der Waals surface area contributed by atoms with Crippen LogP contribution in [0.25, 0.3) is 0 Å². The lowest BCUT2D eigenvalue weighted by molar-refractivity contribution is 0.172. The largest absolute Gasteiger partial charge is 0.477 e. The molecule has 0 N–H and O–H groups in total. The van der Waals surface area contributed by atoms with Crippen molar-refractivity contribution in [3.63, 3.8) is 0 Å². The van der Waals surface area contributed by atoms with Crippen LogP contribution in [0.2, 0.25) is 0 Å². The van der Waals surface area contributed by atoms with Crippen molar-refractivity contribution in [1.29, 1.82) is 0 Å². The Kier molecular flexibility index (Phi) is 0.828. The molecular formula is C6H6N2O.